The molecule has 60 heavy (non-hydrogen) atoms. The number of fused-ring (bicyclic) bond motifs is 8. The number of pyridine rings is 2. The lowest BCUT2D eigenvalue weighted by Gasteiger charge is -2.36. The number of carbonyl (C=O) groups is 3. The smallest absolute Gasteiger partial charge is 0.434 e. The maximum atomic E-state index is 14.3. The SMILES string of the molecule is CC[C@@]1(OCNC(=O)C(C)=NC(=O)OCC2c3ccccc3-c3ccccc32)C(=O)OCc2c1cc1n(c2=O)Cc2c-1nc1ccccc1c2CCN(C(C)C)S(C)(=O)=O. The van der Waals surface area contributed by atoms with Gasteiger partial charge in [0.2, 0.25) is 10.0 Å². The van der Waals surface area contributed by atoms with Crippen LogP contribution in [0, 0.1) is 0 Å². The number of carbonyl (C=O) groups excluding carboxylic acids is 3. The Bertz CT molecular complexity index is 2750. The number of nitrogens with zero attached hydrogens (tertiary/aromatic N) is 4. The number of hydrogen-bond acceptors (Lipinski definition) is 10. The van der Waals surface area contributed by atoms with Crippen LogP contribution >= 0.6 is 0 Å². The summed E-state index contributed by atoms with van der Waals surface area (Å²) in [6.07, 6.45) is 0.712. The molecule has 0 bridgehead atoms. The standard InChI is InChI=1S/C45H45N5O9S/c1-6-45(59-25-46-41(51)27(4)47-44(54)58-23-35-30-15-9-7-13-28(30)29-14-8-10-16-31(29)35)37-21-39-40-34(22-49(39)42(52)36(37)24-57-43(45)53)32(33-17-11-12-18-38(33)48-40)19-20-50(26(2)3)60(5,55)56/h7-18,21,26,35H,6,19-20,22-25H2,1-5H3,(H,46,51)/t45-/m0/s1. The number of para-hydroxylation sites is 1. The van der Waals surface area contributed by atoms with Gasteiger partial charge in [0.1, 0.15) is 25.7 Å². The summed E-state index contributed by atoms with van der Waals surface area (Å²) in [7, 11) is -3.49. The first-order valence-electron chi connectivity index (χ1n) is 19.9. The molecule has 4 heterocycles. The van der Waals surface area contributed by atoms with Gasteiger partial charge in [-0.15, -0.1) is 0 Å². The van der Waals surface area contributed by atoms with E-state index in [1.54, 1.807) is 17.6 Å². The number of nitrogens with one attached hydrogen (secondary N) is 1. The Kier molecular flexibility index (Phi) is 10.8. The number of rotatable bonds is 12. The van der Waals surface area contributed by atoms with Crippen molar-refractivity contribution in [3.8, 4) is 22.5 Å². The minimum atomic E-state index is -3.49. The van der Waals surface area contributed by atoms with Crippen LogP contribution in [0.2, 0.25) is 0 Å². The van der Waals surface area contributed by atoms with Crippen LogP contribution < -0.4 is 10.9 Å². The van der Waals surface area contributed by atoms with E-state index in [-0.39, 0.29) is 61.5 Å². The second-order valence-electron chi connectivity index (χ2n) is 15.5. The summed E-state index contributed by atoms with van der Waals surface area (Å²) in [5.74, 6) is -1.62. The molecular formula is C45H45N5O9S. The van der Waals surface area contributed by atoms with Gasteiger partial charge in [-0.3, -0.25) is 9.59 Å². The zero-order valence-corrected chi connectivity index (χ0v) is 34.8. The predicted octanol–water partition coefficient (Wildman–Crippen LogP) is 5.80. The first kappa shape index (κ1) is 40.7. The number of hydrogen-bond donors (Lipinski definition) is 1. The number of aliphatic imine (C=N–C) groups is 1. The second kappa shape index (κ2) is 15.9. The van der Waals surface area contributed by atoms with Crippen molar-refractivity contribution in [3.63, 3.8) is 0 Å². The lowest BCUT2D eigenvalue weighted by Crippen LogP contribution is -2.48. The maximum Gasteiger partial charge on any atom is 0.434 e. The maximum absolute atomic E-state index is 14.3. The fourth-order valence-electron chi connectivity index (χ4n) is 8.82. The number of ether oxygens (including phenoxy) is 3. The first-order chi connectivity index (χ1) is 28.7. The van der Waals surface area contributed by atoms with E-state index < -0.39 is 40.3 Å². The molecule has 8 rings (SSSR count). The zero-order valence-electron chi connectivity index (χ0n) is 34.0. The normalized spacial score (nSPS) is 16.9. The molecule has 3 aliphatic rings. The lowest BCUT2D eigenvalue weighted by molar-refractivity contribution is -0.182. The molecule has 15 heteroatoms. The summed E-state index contributed by atoms with van der Waals surface area (Å²) in [5, 5.41) is 3.43. The van der Waals surface area contributed by atoms with Gasteiger partial charge >= 0.3 is 12.1 Å². The van der Waals surface area contributed by atoms with E-state index in [0.29, 0.717) is 28.9 Å². The van der Waals surface area contributed by atoms with Crippen molar-refractivity contribution in [1.29, 1.82) is 0 Å². The zero-order chi connectivity index (χ0) is 42.5. The van der Waals surface area contributed by atoms with E-state index in [4.69, 9.17) is 19.2 Å². The molecule has 1 aliphatic carbocycles. The third-order valence-corrected chi connectivity index (χ3v) is 13.2. The van der Waals surface area contributed by atoms with Gasteiger partial charge in [0, 0.05) is 35.0 Å². The van der Waals surface area contributed by atoms with Gasteiger partial charge in [-0.25, -0.2) is 23.0 Å². The summed E-state index contributed by atoms with van der Waals surface area (Å²) in [4.78, 5) is 62.8. The van der Waals surface area contributed by atoms with E-state index in [1.165, 1.54) is 17.5 Å². The highest BCUT2D eigenvalue weighted by molar-refractivity contribution is 7.88. The van der Waals surface area contributed by atoms with Gasteiger partial charge in [0.15, 0.2) is 5.60 Å². The van der Waals surface area contributed by atoms with Crippen molar-refractivity contribution in [3.05, 3.63) is 123 Å². The van der Waals surface area contributed by atoms with Gasteiger partial charge in [-0.05, 0) is 73.6 Å². The predicted molar refractivity (Wildman–Crippen MR) is 225 cm³/mol. The summed E-state index contributed by atoms with van der Waals surface area (Å²) < 4.78 is 45.6. The number of benzene rings is 3. The van der Waals surface area contributed by atoms with Crippen LogP contribution in [0.3, 0.4) is 0 Å². The molecule has 2 aromatic heterocycles. The Morgan fingerprint density at radius 2 is 1.68 bits per heavy atom. The highest BCUT2D eigenvalue weighted by atomic mass is 32.2. The van der Waals surface area contributed by atoms with Crippen molar-refractivity contribution >= 4 is 44.6 Å². The Balaban J connectivity index is 1.01. The Labute approximate surface area is 347 Å². The number of sulfonamides is 1. The number of cyclic esters (lactones) is 1. The highest BCUT2D eigenvalue weighted by Crippen LogP contribution is 2.45. The fourth-order valence-corrected chi connectivity index (χ4v) is 10.0. The summed E-state index contributed by atoms with van der Waals surface area (Å²) >= 11 is 0. The van der Waals surface area contributed by atoms with E-state index in [0.717, 1.165) is 38.8 Å². The van der Waals surface area contributed by atoms with Gasteiger partial charge in [0.25, 0.3) is 11.5 Å². The third-order valence-electron chi connectivity index (χ3n) is 11.7. The van der Waals surface area contributed by atoms with Crippen LogP contribution in [-0.2, 0) is 59.0 Å². The molecule has 0 radical (unpaired) electrons. The number of esters is 1. The first-order valence-corrected chi connectivity index (χ1v) is 21.7. The minimum Gasteiger partial charge on any atom is -0.458 e. The molecule has 0 saturated heterocycles. The van der Waals surface area contributed by atoms with Crippen molar-refractivity contribution in [2.45, 2.75) is 71.2 Å². The number of amides is 2. The Morgan fingerprint density at radius 1 is 1.02 bits per heavy atom. The van der Waals surface area contributed by atoms with E-state index in [2.05, 4.69) is 10.3 Å². The van der Waals surface area contributed by atoms with E-state index in [1.807, 2.05) is 86.6 Å². The highest BCUT2D eigenvalue weighted by Gasteiger charge is 2.48. The largest absolute Gasteiger partial charge is 0.458 e. The molecule has 5 aromatic rings. The molecule has 1 N–H and O–H groups in total. The molecule has 2 aliphatic heterocycles. The van der Waals surface area contributed by atoms with Crippen LogP contribution in [0.5, 0.6) is 0 Å². The molecule has 0 fully saturated rings. The van der Waals surface area contributed by atoms with Crippen LogP contribution in [0.15, 0.2) is 88.6 Å². The molecule has 310 valence electrons. The van der Waals surface area contributed by atoms with Gasteiger partial charge in [0.05, 0.1) is 35.3 Å². The van der Waals surface area contributed by atoms with Crippen molar-refractivity contribution in [2.24, 2.45) is 4.99 Å². The molecule has 14 nitrogen and oxygen atoms in total. The molecule has 0 unspecified atom stereocenters. The van der Waals surface area contributed by atoms with Crippen molar-refractivity contribution in [2.75, 3.05) is 26.1 Å². The molecule has 2 amide bonds. The fraction of sp³-hybridized carbons (Fsp3) is 0.333. The summed E-state index contributed by atoms with van der Waals surface area (Å²) in [5.41, 5.74) is 5.87. The van der Waals surface area contributed by atoms with Gasteiger partial charge < -0.3 is 24.1 Å². The Hall–Kier alpha value is -6.03. The minimum absolute atomic E-state index is 0.0378. The monoisotopic (exact) mass is 831 g/mol. The molecule has 3 aromatic carbocycles. The van der Waals surface area contributed by atoms with Crippen LogP contribution in [0.1, 0.15) is 73.4 Å². The lowest BCUT2D eigenvalue weighted by atomic mass is 9.85. The molecule has 0 saturated carbocycles. The molecule has 0 spiro atoms. The van der Waals surface area contributed by atoms with Crippen LogP contribution in [-0.4, -0.2) is 78.1 Å². The summed E-state index contributed by atoms with van der Waals surface area (Å²) in [6.45, 7) is 6.45. The average molecular weight is 832 g/mol. The Morgan fingerprint density at radius 3 is 2.35 bits per heavy atom. The van der Waals surface area contributed by atoms with Crippen LogP contribution in [0.4, 0.5) is 4.79 Å². The van der Waals surface area contributed by atoms with Gasteiger partial charge in [-0.2, -0.15) is 9.30 Å². The van der Waals surface area contributed by atoms with E-state index >= 15 is 0 Å². The molecule has 1 atom stereocenters. The van der Waals surface area contributed by atoms with Crippen molar-refractivity contribution < 1.29 is 37.0 Å². The second-order valence-corrected chi connectivity index (χ2v) is 17.5. The molecular weight excluding hydrogens is 787 g/mol. The average Bonchev–Trinajstić information content (AvgIpc) is 3.75. The summed E-state index contributed by atoms with van der Waals surface area (Å²) in [6, 6.07) is 24.9. The topological polar surface area (TPSA) is 176 Å². The quantitative estimate of drug-likeness (QED) is 0.0902. The van der Waals surface area contributed by atoms with Gasteiger partial charge in [-0.1, -0.05) is 73.7 Å². The number of aromatic nitrogens is 2. The van der Waals surface area contributed by atoms with Crippen LogP contribution in [0.25, 0.3) is 33.4 Å². The third kappa shape index (κ3) is 7.09. The van der Waals surface area contributed by atoms with Crippen molar-refractivity contribution in [1.82, 2.24) is 19.2 Å². The van der Waals surface area contributed by atoms with E-state index in [9.17, 15) is 27.6 Å².